The summed E-state index contributed by atoms with van der Waals surface area (Å²) in [5, 5.41) is 5.11. The summed E-state index contributed by atoms with van der Waals surface area (Å²) in [6.07, 6.45) is 2.30. The number of thioether (sulfide) groups is 1. The van der Waals surface area contributed by atoms with Gasteiger partial charge in [-0.2, -0.15) is 0 Å². The number of hydrogen-bond acceptors (Lipinski definition) is 6. The minimum Gasteiger partial charge on any atom is -0.469 e. The van der Waals surface area contributed by atoms with Crippen LogP contribution >= 0.6 is 11.8 Å². The number of carbonyl (C=O) groups excluding carboxylic acids is 1. The molecule has 0 spiro atoms. The zero-order valence-corrected chi connectivity index (χ0v) is 13.3. The molecule has 1 saturated carbocycles. The molecule has 1 aliphatic carbocycles. The highest BCUT2D eigenvalue weighted by molar-refractivity contribution is 7.99. The molecule has 0 aliphatic heterocycles. The Kier molecular flexibility index (Phi) is 4.50. The first-order chi connectivity index (χ1) is 9.76. The molecule has 0 saturated heterocycles. The van der Waals surface area contributed by atoms with E-state index in [0.29, 0.717) is 22.8 Å². The number of benzene rings is 1. The number of sulfonamides is 1. The van der Waals surface area contributed by atoms with Crippen molar-refractivity contribution < 1.29 is 17.9 Å². The van der Waals surface area contributed by atoms with Gasteiger partial charge in [0.1, 0.15) is 0 Å². The maximum atomic E-state index is 11.4. The van der Waals surface area contributed by atoms with Crippen LogP contribution in [-0.2, 0) is 19.6 Å². The fraction of sp³-hybridized carbons (Fsp3) is 0.462. The van der Waals surface area contributed by atoms with E-state index in [1.54, 1.807) is 0 Å². The Morgan fingerprint density at radius 1 is 1.43 bits per heavy atom. The zero-order valence-electron chi connectivity index (χ0n) is 11.7. The topological polar surface area (TPSA) is 112 Å². The van der Waals surface area contributed by atoms with Crippen molar-refractivity contribution in [1.29, 1.82) is 0 Å². The summed E-state index contributed by atoms with van der Waals surface area (Å²) in [4.78, 5) is 12.1. The first-order valence-corrected chi connectivity index (χ1v) is 8.91. The predicted octanol–water partition coefficient (Wildman–Crippen LogP) is 1.35. The molecule has 2 rings (SSSR count). The average Bonchev–Trinajstić information content (AvgIpc) is 3.16. The molecule has 1 fully saturated rings. The van der Waals surface area contributed by atoms with Crippen LogP contribution in [0.2, 0.25) is 0 Å². The molecule has 0 bridgehead atoms. The Hall–Kier alpha value is -1.25. The number of rotatable bonds is 6. The summed E-state index contributed by atoms with van der Waals surface area (Å²) in [6, 6.07) is 4.39. The van der Waals surface area contributed by atoms with Gasteiger partial charge in [0.15, 0.2) is 0 Å². The molecular formula is C13H18N2O4S2. The number of hydrogen-bond donors (Lipinski definition) is 2. The average molecular weight is 330 g/mol. The Bertz CT molecular complexity index is 654. The van der Waals surface area contributed by atoms with Gasteiger partial charge in [0.2, 0.25) is 10.0 Å². The van der Waals surface area contributed by atoms with Gasteiger partial charge < -0.3 is 10.5 Å². The molecule has 1 aliphatic rings. The monoisotopic (exact) mass is 330 g/mol. The van der Waals surface area contributed by atoms with Gasteiger partial charge in [-0.15, -0.1) is 11.8 Å². The third kappa shape index (κ3) is 4.12. The van der Waals surface area contributed by atoms with Crippen molar-refractivity contribution in [2.24, 2.45) is 10.6 Å². The highest BCUT2D eigenvalue weighted by Gasteiger charge is 2.44. The molecular weight excluding hydrogens is 312 g/mol. The highest BCUT2D eigenvalue weighted by Crippen LogP contribution is 2.52. The molecule has 1 aromatic rings. The zero-order chi connectivity index (χ0) is 15.7. The van der Waals surface area contributed by atoms with E-state index in [-0.39, 0.29) is 16.3 Å². The number of esters is 1. The Labute approximate surface area is 128 Å². The van der Waals surface area contributed by atoms with Crippen molar-refractivity contribution in [3.05, 3.63) is 18.2 Å². The van der Waals surface area contributed by atoms with Crippen molar-refractivity contribution in [2.75, 3.05) is 18.6 Å². The maximum Gasteiger partial charge on any atom is 0.306 e. The summed E-state index contributed by atoms with van der Waals surface area (Å²) in [7, 11) is -2.37. The second kappa shape index (κ2) is 5.86. The van der Waals surface area contributed by atoms with Crippen LogP contribution in [0.3, 0.4) is 0 Å². The van der Waals surface area contributed by atoms with E-state index >= 15 is 0 Å². The molecule has 21 heavy (non-hydrogen) atoms. The van der Waals surface area contributed by atoms with Crippen LogP contribution in [0.25, 0.3) is 0 Å². The molecule has 0 heterocycles. The number of primary sulfonamides is 1. The number of ether oxygens (including phenoxy) is 1. The first-order valence-electron chi connectivity index (χ1n) is 6.38. The summed E-state index contributed by atoms with van der Waals surface area (Å²) >= 11 is 1.45. The fourth-order valence-electron chi connectivity index (χ4n) is 1.97. The lowest BCUT2D eigenvalue weighted by Crippen LogP contribution is -2.14. The Balaban J connectivity index is 2.08. The lowest BCUT2D eigenvalue weighted by atomic mass is 10.1. The molecule has 0 amide bonds. The van der Waals surface area contributed by atoms with E-state index in [1.807, 2.05) is 0 Å². The molecule has 0 unspecified atom stereocenters. The quantitative estimate of drug-likeness (QED) is 0.462. The van der Waals surface area contributed by atoms with Crippen LogP contribution in [0.1, 0.15) is 19.3 Å². The molecule has 0 aromatic heterocycles. The second-order valence-corrected chi connectivity index (χ2v) is 7.86. The van der Waals surface area contributed by atoms with Crippen molar-refractivity contribution in [3.8, 4) is 0 Å². The van der Waals surface area contributed by atoms with E-state index < -0.39 is 10.0 Å². The highest BCUT2D eigenvalue weighted by atomic mass is 32.2. The minimum absolute atomic E-state index is 0.0389. The van der Waals surface area contributed by atoms with Gasteiger partial charge in [-0.05, 0) is 36.5 Å². The number of nitrogen functional groups attached to an aromatic ring is 1. The number of anilines is 1. The summed E-state index contributed by atoms with van der Waals surface area (Å²) < 4.78 is 27.4. The predicted molar refractivity (Wildman–Crippen MR) is 81.3 cm³/mol. The second-order valence-electron chi connectivity index (χ2n) is 5.29. The standard InChI is InChI=1S/C13H18N2O4S2/c1-19-12(16)7-13(4-5-13)8-20-11-6-9(21(15,17)18)2-3-10(11)14/h2-3,6H,4-5,7-8,14H2,1H3,(H2,15,17,18). The van der Waals surface area contributed by atoms with Gasteiger partial charge in [0.05, 0.1) is 18.4 Å². The van der Waals surface area contributed by atoms with E-state index in [1.165, 1.54) is 37.1 Å². The van der Waals surface area contributed by atoms with Gasteiger partial charge in [-0.1, -0.05) is 0 Å². The smallest absolute Gasteiger partial charge is 0.306 e. The lowest BCUT2D eigenvalue weighted by Gasteiger charge is -2.14. The Morgan fingerprint density at radius 3 is 2.62 bits per heavy atom. The van der Waals surface area contributed by atoms with Crippen LogP contribution in [0.5, 0.6) is 0 Å². The van der Waals surface area contributed by atoms with Crippen LogP contribution in [-0.4, -0.2) is 27.2 Å². The van der Waals surface area contributed by atoms with Crippen molar-refractivity contribution in [1.82, 2.24) is 0 Å². The summed E-state index contributed by atoms with van der Waals surface area (Å²) in [6.45, 7) is 0. The van der Waals surface area contributed by atoms with Gasteiger partial charge >= 0.3 is 5.97 Å². The van der Waals surface area contributed by atoms with E-state index in [9.17, 15) is 13.2 Å². The van der Waals surface area contributed by atoms with Gasteiger partial charge in [0, 0.05) is 16.3 Å². The van der Waals surface area contributed by atoms with Crippen molar-refractivity contribution in [3.63, 3.8) is 0 Å². The van der Waals surface area contributed by atoms with Gasteiger partial charge in [0.25, 0.3) is 0 Å². The van der Waals surface area contributed by atoms with Crippen molar-refractivity contribution in [2.45, 2.75) is 29.1 Å². The molecule has 0 radical (unpaired) electrons. The molecule has 116 valence electrons. The molecule has 1 aromatic carbocycles. The molecule has 4 N–H and O–H groups in total. The largest absolute Gasteiger partial charge is 0.469 e. The van der Waals surface area contributed by atoms with Crippen molar-refractivity contribution >= 4 is 33.4 Å². The van der Waals surface area contributed by atoms with E-state index in [0.717, 1.165) is 12.8 Å². The molecule has 0 atom stereocenters. The third-order valence-electron chi connectivity index (χ3n) is 3.55. The fourth-order valence-corrected chi connectivity index (χ4v) is 3.89. The third-order valence-corrected chi connectivity index (χ3v) is 5.88. The van der Waals surface area contributed by atoms with Crippen LogP contribution in [0.15, 0.2) is 28.0 Å². The Morgan fingerprint density at radius 2 is 2.10 bits per heavy atom. The SMILES string of the molecule is COC(=O)CC1(CSc2cc(S(N)(=O)=O)ccc2N)CC1. The number of carbonyl (C=O) groups is 1. The lowest BCUT2D eigenvalue weighted by molar-refractivity contribution is -0.141. The van der Waals surface area contributed by atoms with Gasteiger partial charge in [-0.25, -0.2) is 13.6 Å². The van der Waals surface area contributed by atoms with E-state index in [4.69, 9.17) is 15.6 Å². The van der Waals surface area contributed by atoms with E-state index in [2.05, 4.69) is 0 Å². The number of nitrogens with two attached hydrogens (primary N) is 2. The first kappa shape index (κ1) is 16.1. The maximum absolute atomic E-state index is 11.4. The normalized spacial score (nSPS) is 16.5. The van der Waals surface area contributed by atoms with Gasteiger partial charge in [-0.3, -0.25) is 4.79 Å². The van der Waals surface area contributed by atoms with Crippen LogP contribution in [0, 0.1) is 5.41 Å². The summed E-state index contributed by atoms with van der Waals surface area (Å²) in [5.74, 6) is 0.472. The summed E-state index contributed by atoms with van der Waals surface area (Å²) in [5.41, 5.74) is 6.31. The van der Waals surface area contributed by atoms with Crippen LogP contribution in [0.4, 0.5) is 5.69 Å². The number of methoxy groups -OCH3 is 1. The van der Waals surface area contributed by atoms with Crippen LogP contribution < -0.4 is 10.9 Å². The molecule has 8 heteroatoms. The molecule has 6 nitrogen and oxygen atoms in total. The minimum atomic E-state index is -3.75.